The Morgan fingerprint density at radius 1 is 1.69 bits per heavy atom. The molecule has 1 amide bonds. The first-order chi connectivity index (χ1) is 6.13. The molecular weight excluding hydrogens is 168 g/mol. The van der Waals surface area contributed by atoms with E-state index in [1.165, 1.54) is 0 Å². The van der Waals surface area contributed by atoms with Crippen molar-refractivity contribution in [3.05, 3.63) is 0 Å². The van der Waals surface area contributed by atoms with Crippen molar-refractivity contribution in [3.63, 3.8) is 0 Å². The summed E-state index contributed by atoms with van der Waals surface area (Å²) in [6, 6.07) is -0.299. The fraction of sp³-hybridized carbons (Fsp3) is 0.889. The van der Waals surface area contributed by atoms with Crippen molar-refractivity contribution >= 4 is 5.91 Å². The molecule has 4 heteroatoms. The molecular formula is C9H18N2O2. The van der Waals surface area contributed by atoms with Crippen LogP contribution in [0.4, 0.5) is 0 Å². The molecule has 0 aromatic heterocycles. The van der Waals surface area contributed by atoms with Crippen LogP contribution in [0.15, 0.2) is 0 Å². The van der Waals surface area contributed by atoms with Gasteiger partial charge in [-0.05, 0) is 25.7 Å². The van der Waals surface area contributed by atoms with Gasteiger partial charge in [0.2, 0.25) is 5.91 Å². The van der Waals surface area contributed by atoms with Gasteiger partial charge in [0.25, 0.3) is 0 Å². The van der Waals surface area contributed by atoms with Crippen LogP contribution in [0, 0.1) is 0 Å². The predicted molar refractivity (Wildman–Crippen MR) is 50.1 cm³/mol. The van der Waals surface area contributed by atoms with E-state index in [9.17, 15) is 4.79 Å². The van der Waals surface area contributed by atoms with Crippen molar-refractivity contribution in [2.75, 3.05) is 6.61 Å². The number of rotatable bonds is 5. The first-order valence-corrected chi connectivity index (χ1v) is 4.81. The van der Waals surface area contributed by atoms with Gasteiger partial charge in [0.05, 0.1) is 12.6 Å². The average molecular weight is 186 g/mol. The smallest absolute Gasteiger partial charge is 0.234 e. The minimum Gasteiger partial charge on any atom is -0.394 e. The quantitative estimate of drug-likeness (QED) is 0.554. The van der Waals surface area contributed by atoms with Crippen molar-refractivity contribution in [1.82, 2.24) is 5.32 Å². The Bertz CT molecular complexity index is 185. The SMILES string of the molecule is CCC(NC1(CO)CCC1)C(N)=O. The highest BCUT2D eigenvalue weighted by Gasteiger charge is 2.38. The molecule has 0 aliphatic heterocycles. The molecule has 0 saturated heterocycles. The number of carbonyl (C=O) groups excluding carboxylic acids is 1. The lowest BCUT2D eigenvalue weighted by Crippen LogP contribution is -2.60. The number of carbonyl (C=O) groups is 1. The first kappa shape index (κ1) is 10.5. The van der Waals surface area contributed by atoms with E-state index < -0.39 is 0 Å². The Morgan fingerprint density at radius 3 is 2.54 bits per heavy atom. The van der Waals surface area contributed by atoms with Crippen molar-refractivity contribution in [3.8, 4) is 0 Å². The van der Waals surface area contributed by atoms with E-state index in [-0.39, 0.29) is 24.1 Å². The van der Waals surface area contributed by atoms with Crippen LogP contribution in [-0.2, 0) is 4.79 Å². The fourth-order valence-corrected chi connectivity index (χ4v) is 1.70. The van der Waals surface area contributed by atoms with Gasteiger partial charge in [0, 0.05) is 5.54 Å². The zero-order chi connectivity index (χ0) is 9.90. The second-order valence-corrected chi connectivity index (χ2v) is 3.80. The topological polar surface area (TPSA) is 75.3 Å². The van der Waals surface area contributed by atoms with Crippen molar-refractivity contribution < 1.29 is 9.90 Å². The van der Waals surface area contributed by atoms with Crippen LogP contribution >= 0.6 is 0 Å². The summed E-state index contributed by atoms with van der Waals surface area (Å²) in [5, 5.41) is 12.3. The van der Waals surface area contributed by atoms with Crippen LogP contribution in [0.3, 0.4) is 0 Å². The van der Waals surface area contributed by atoms with Crippen molar-refractivity contribution in [2.45, 2.75) is 44.2 Å². The molecule has 1 rings (SSSR count). The molecule has 4 N–H and O–H groups in total. The summed E-state index contributed by atoms with van der Waals surface area (Å²) in [4.78, 5) is 10.9. The molecule has 1 fully saturated rings. The Balaban J connectivity index is 2.48. The molecule has 76 valence electrons. The Kier molecular flexibility index (Phi) is 3.27. The Labute approximate surface area is 78.5 Å². The van der Waals surface area contributed by atoms with Crippen LogP contribution in [-0.4, -0.2) is 29.2 Å². The third-order valence-corrected chi connectivity index (χ3v) is 2.85. The minimum atomic E-state index is -0.331. The van der Waals surface area contributed by atoms with E-state index in [4.69, 9.17) is 10.8 Å². The maximum absolute atomic E-state index is 10.9. The third-order valence-electron chi connectivity index (χ3n) is 2.85. The summed E-state index contributed by atoms with van der Waals surface area (Å²) in [6.07, 6.45) is 3.67. The van der Waals surface area contributed by atoms with Crippen LogP contribution in [0.2, 0.25) is 0 Å². The Morgan fingerprint density at radius 2 is 2.31 bits per heavy atom. The summed E-state index contributed by atoms with van der Waals surface area (Å²) < 4.78 is 0. The van der Waals surface area contributed by atoms with E-state index in [0.717, 1.165) is 19.3 Å². The average Bonchev–Trinajstić information content (AvgIpc) is 2.03. The highest BCUT2D eigenvalue weighted by atomic mass is 16.3. The van der Waals surface area contributed by atoms with Crippen LogP contribution < -0.4 is 11.1 Å². The number of hydrogen-bond acceptors (Lipinski definition) is 3. The lowest BCUT2D eigenvalue weighted by atomic mass is 9.77. The van der Waals surface area contributed by atoms with Gasteiger partial charge in [-0.15, -0.1) is 0 Å². The number of primary amides is 1. The standard InChI is InChI=1S/C9H18N2O2/c1-2-7(8(10)13)11-9(6-12)4-3-5-9/h7,11-12H,2-6H2,1H3,(H2,10,13). The molecule has 0 bridgehead atoms. The van der Waals surface area contributed by atoms with Gasteiger partial charge in [-0.2, -0.15) is 0 Å². The molecule has 1 atom stereocenters. The van der Waals surface area contributed by atoms with Crippen LogP contribution in [0.25, 0.3) is 0 Å². The molecule has 13 heavy (non-hydrogen) atoms. The van der Waals surface area contributed by atoms with E-state index in [0.29, 0.717) is 6.42 Å². The third kappa shape index (κ3) is 2.19. The maximum atomic E-state index is 10.9. The summed E-state index contributed by atoms with van der Waals surface area (Å²) in [5.74, 6) is -0.331. The van der Waals surface area contributed by atoms with Gasteiger partial charge in [-0.3, -0.25) is 10.1 Å². The van der Waals surface area contributed by atoms with Crippen LogP contribution in [0.5, 0.6) is 0 Å². The van der Waals surface area contributed by atoms with Gasteiger partial charge < -0.3 is 10.8 Å². The summed E-state index contributed by atoms with van der Waals surface area (Å²) in [5.41, 5.74) is 4.98. The van der Waals surface area contributed by atoms with E-state index in [1.54, 1.807) is 0 Å². The van der Waals surface area contributed by atoms with Gasteiger partial charge in [-0.1, -0.05) is 6.92 Å². The van der Waals surface area contributed by atoms with Crippen molar-refractivity contribution in [2.24, 2.45) is 5.73 Å². The first-order valence-electron chi connectivity index (χ1n) is 4.81. The lowest BCUT2D eigenvalue weighted by Gasteiger charge is -2.43. The molecule has 1 saturated carbocycles. The minimum absolute atomic E-state index is 0.0940. The molecule has 1 aliphatic rings. The molecule has 1 unspecified atom stereocenters. The molecule has 0 heterocycles. The second-order valence-electron chi connectivity index (χ2n) is 3.80. The predicted octanol–water partition coefficient (Wildman–Crippen LogP) is -0.245. The lowest BCUT2D eigenvalue weighted by molar-refractivity contribution is -0.121. The maximum Gasteiger partial charge on any atom is 0.234 e. The number of nitrogens with one attached hydrogen (secondary N) is 1. The van der Waals surface area contributed by atoms with E-state index in [1.807, 2.05) is 6.92 Å². The molecule has 0 aromatic carbocycles. The largest absolute Gasteiger partial charge is 0.394 e. The monoisotopic (exact) mass is 186 g/mol. The van der Waals surface area contributed by atoms with Gasteiger partial charge >= 0.3 is 0 Å². The van der Waals surface area contributed by atoms with Gasteiger partial charge in [-0.25, -0.2) is 0 Å². The zero-order valence-electron chi connectivity index (χ0n) is 8.05. The summed E-state index contributed by atoms with van der Waals surface area (Å²) >= 11 is 0. The van der Waals surface area contributed by atoms with Crippen LogP contribution in [0.1, 0.15) is 32.6 Å². The fourth-order valence-electron chi connectivity index (χ4n) is 1.70. The van der Waals surface area contributed by atoms with E-state index >= 15 is 0 Å². The summed E-state index contributed by atoms with van der Waals surface area (Å²) in [6.45, 7) is 2.00. The highest BCUT2D eigenvalue weighted by molar-refractivity contribution is 5.79. The molecule has 1 aliphatic carbocycles. The van der Waals surface area contributed by atoms with Crippen molar-refractivity contribution in [1.29, 1.82) is 0 Å². The molecule has 0 radical (unpaired) electrons. The molecule has 4 nitrogen and oxygen atoms in total. The number of aliphatic hydroxyl groups excluding tert-OH is 1. The number of amides is 1. The molecule has 0 spiro atoms. The molecule has 0 aromatic rings. The highest BCUT2D eigenvalue weighted by Crippen LogP contribution is 2.31. The van der Waals surface area contributed by atoms with Gasteiger partial charge in [0.15, 0.2) is 0 Å². The van der Waals surface area contributed by atoms with Gasteiger partial charge in [0.1, 0.15) is 0 Å². The van der Waals surface area contributed by atoms with E-state index in [2.05, 4.69) is 5.32 Å². The zero-order valence-corrected chi connectivity index (χ0v) is 8.05. The normalized spacial score (nSPS) is 22.0. The second kappa shape index (κ2) is 4.07. The number of hydrogen-bond donors (Lipinski definition) is 3. The Hall–Kier alpha value is -0.610. The summed E-state index contributed by atoms with van der Waals surface area (Å²) in [7, 11) is 0. The number of aliphatic hydroxyl groups is 1. The number of nitrogens with two attached hydrogens (primary N) is 1.